The number of pyridine rings is 1. The van der Waals surface area contributed by atoms with Crippen molar-refractivity contribution < 1.29 is 22.7 Å². The summed E-state index contributed by atoms with van der Waals surface area (Å²) in [6, 6.07) is 16.0. The number of amides is 1. The zero-order valence-electron chi connectivity index (χ0n) is 18.0. The van der Waals surface area contributed by atoms with Crippen LogP contribution in [0.4, 0.5) is 14.9 Å². The predicted octanol–water partition coefficient (Wildman–Crippen LogP) is 3.88. The lowest BCUT2D eigenvalue weighted by molar-refractivity contribution is 0.142. The Morgan fingerprint density at radius 2 is 1.59 bits per heavy atom. The van der Waals surface area contributed by atoms with E-state index in [-0.39, 0.29) is 23.6 Å². The molecule has 0 aliphatic carbocycles. The SMILES string of the molecule is O=C(O)N1CCN(c2c(-c3ccccc3F)cnc3c2ccn3S(=O)(=O)c2ccccc2)CC1. The average Bonchev–Trinajstić information content (AvgIpc) is 3.29. The van der Waals surface area contributed by atoms with Crippen LogP contribution in [-0.2, 0) is 10.0 Å². The van der Waals surface area contributed by atoms with Gasteiger partial charge in [0.15, 0.2) is 5.65 Å². The van der Waals surface area contributed by atoms with Gasteiger partial charge in [-0.2, -0.15) is 0 Å². The number of benzene rings is 2. The molecule has 0 unspecified atom stereocenters. The summed E-state index contributed by atoms with van der Waals surface area (Å²) in [6.45, 7) is 1.31. The van der Waals surface area contributed by atoms with Gasteiger partial charge in [0.25, 0.3) is 10.0 Å². The maximum Gasteiger partial charge on any atom is 0.407 e. The van der Waals surface area contributed by atoms with Crippen molar-refractivity contribution in [2.45, 2.75) is 4.90 Å². The van der Waals surface area contributed by atoms with E-state index in [0.29, 0.717) is 35.3 Å². The van der Waals surface area contributed by atoms with Crippen LogP contribution in [0.5, 0.6) is 0 Å². The van der Waals surface area contributed by atoms with E-state index in [9.17, 15) is 22.7 Å². The molecular formula is C24H21FN4O4S. The Balaban J connectivity index is 1.69. The fraction of sp³-hybridized carbons (Fsp3) is 0.167. The molecule has 2 aromatic heterocycles. The second kappa shape index (κ2) is 8.45. The molecule has 1 aliphatic heterocycles. The van der Waals surface area contributed by atoms with E-state index in [1.165, 1.54) is 35.5 Å². The number of nitrogens with zero attached hydrogens (tertiary/aromatic N) is 4. The number of anilines is 1. The van der Waals surface area contributed by atoms with Gasteiger partial charge in [0.05, 0.1) is 10.6 Å². The van der Waals surface area contributed by atoms with Crippen LogP contribution >= 0.6 is 0 Å². The van der Waals surface area contributed by atoms with E-state index < -0.39 is 21.9 Å². The third-order valence-corrected chi connectivity index (χ3v) is 7.66. The van der Waals surface area contributed by atoms with Gasteiger partial charge in [-0.1, -0.05) is 36.4 Å². The average molecular weight is 481 g/mol. The van der Waals surface area contributed by atoms with E-state index >= 15 is 0 Å². The van der Waals surface area contributed by atoms with Gasteiger partial charge in [0.2, 0.25) is 0 Å². The van der Waals surface area contributed by atoms with Crippen molar-refractivity contribution in [3.05, 3.63) is 78.9 Å². The molecule has 0 radical (unpaired) electrons. The number of rotatable bonds is 4. The van der Waals surface area contributed by atoms with Crippen molar-refractivity contribution >= 4 is 32.8 Å². The van der Waals surface area contributed by atoms with Crippen LogP contribution in [0.1, 0.15) is 0 Å². The molecular weight excluding hydrogens is 459 g/mol. The molecule has 34 heavy (non-hydrogen) atoms. The van der Waals surface area contributed by atoms with Gasteiger partial charge in [-0.3, -0.25) is 0 Å². The van der Waals surface area contributed by atoms with E-state index in [1.54, 1.807) is 42.5 Å². The second-order valence-corrected chi connectivity index (χ2v) is 9.74. The number of piperazine rings is 1. The van der Waals surface area contributed by atoms with Crippen LogP contribution < -0.4 is 4.90 Å². The summed E-state index contributed by atoms with van der Waals surface area (Å²) in [6.07, 6.45) is 1.94. The van der Waals surface area contributed by atoms with Crippen LogP contribution in [-0.4, -0.2) is 59.7 Å². The van der Waals surface area contributed by atoms with E-state index in [4.69, 9.17) is 0 Å². The Bertz CT molecular complexity index is 1480. The van der Waals surface area contributed by atoms with Gasteiger partial charge in [-0.25, -0.2) is 26.6 Å². The fourth-order valence-electron chi connectivity index (χ4n) is 4.29. The first-order valence-electron chi connectivity index (χ1n) is 10.7. The van der Waals surface area contributed by atoms with Crippen molar-refractivity contribution in [3.8, 4) is 11.1 Å². The number of hydrogen-bond acceptors (Lipinski definition) is 5. The number of fused-ring (bicyclic) bond motifs is 1. The molecule has 1 saturated heterocycles. The molecule has 5 rings (SSSR count). The van der Waals surface area contributed by atoms with Crippen LogP contribution in [0.25, 0.3) is 22.2 Å². The van der Waals surface area contributed by atoms with Crippen LogP contribution in [0.2, 0.25) is 0 Å². The van der Waals surface area contributed by atoms with Gasteiger partial charge < -0.3 is 14.9 Å². The molecule has 0 saturated carbocycles. The highest BCUT2D eigenvalue weighted by Crippen LogP contribution is 2.39. The predicted molar refractivity (Wildman–Crippen MR) is 126 cm³/mol. The van der Waals surface area contributed by atoms with Gasteiger partial charge in [0.1, 0.15) is 5.82 Å². The third-order valence-electron chi connectivity index (χ3n) is 5.98. The topological polar surface area (TPSA) is 95.7 Å². The van der Waals surface area contributed by atoms with Crippen LogP contribution in [0.15, 0.2) is 78.0 Å². The third kappa shape index (κ3) is 3.65. The molecule has 3 heterocycles. The number of halogens is 1. The Morgan fingerprint density at radius 3 is 2.26 bits per heavy atom. The molecule has 174 valence electrons. The summed E-state index contributed by atoms with van der Waals surface area (Å²) in [5.74, 6) is -0.426. The summed E-state index contributed by atoms with van der Waals surface area (Å²) in [4.78, 5) is 19.2. The molecule has 10 heteroatoms. The first-order valence-corrected chi connectivity index (χ1v) is 12.1. The van der Waals surface area contributed by atoms with Gasteiger partial charge in [0, 0.05) is 55.1 Å². The molecule has 1 aliphatic rings. The summed E-state index contributed by atoms with van der Waals surface area (Å²) < 4.78 is 42.5. The number of carboxylic acid groups (broad SMARTS) is 1. The zero-order valence-corrected chi connectivity index (χ0v) is 18.8. The minimum atomic E-state index is -3.90. The van der Waals surface area contributed by atoms with Gasteiger partial charge in [-0.05, 0) is 24.3 Å². The molecule has 0 bridgehead atoms. The zero-order chi connectivity index (χ0) is 23.9. The fourth-order valence-corrected chi connectivity index (χ4v) is 5.61. The molecule has 0 atom stereocenters. The van der Waals surface area contributed by atoms with Crippen molar-refractivity contribution in [2.24, 2.45) is 0 Å². The van der Waals surface area contributed by atoms with Crippen molar-refractivity contribution in [2.75, 3.05) is 31.1 Å². The van der Waals surface area contributed by atoms with Crippen LogP contribution in [0, 0.1) is 5.82 Å². The summed E-state index contributed by atoms with van der Waals surface area (Å²) in [5, 5.41) is 9.86. The van der Waals surface area contributed by atoms with Gasteiger partial charge >= 0.3 is 6.09 Å². The standard InChI is InChI=1S/C24H21FN4O4S/c25-21-9-5-4-8-18(21)20-16-26-23-19(22(20)27-12-14-28(15-13-27)24(30)31)10-11-29(23)34(32,33)17-6-2-1-3-7-17/h1-11,16H,12-15H2,(H,30,31). The number of hydrogen-bond donors (Lipinski definition) is 1. The lowest BCUT2D eigenvalue weighted by atomic mass is 10.0. The monoisotopic (exact) mass is 480 g/mol. The minimum absolute atomic E-state index is 0.129. The first-order chi connectivity index (χ1) is 16.4. The second-order valence-electron chi connectivity index (χ2n) is 7.92. The normalized spacial score (nSPS) is 14.5. The summed E-state index contributed by atoms with van der Waals surface area (Å²) in [7, 11) is -3.90. The maximum absolute atomic E-state index is 14.8. The van der Waals surface area contributed by atoms with Crippen LogP contribution in [0.3, 0.4) is 0 Å². The highest BCUT2D eigenvalue weighted by Gasteiger charge is 2.28. The molecule has 1 N–H and O–H groups in total. The van der Waals surface area contributed by atoms with Crippen molar-refractivity contribution in [1.82, 2.24) is 13.9 Å². The van der Waals surface area contributed by atoms with Crippen molar-refractivity contribution in [1.29, 1.82) is 0 Å². The Hall–Kier alpha value is -3.92. The Morgan fingerprint density at radius 1 is 0.912 bits per heavy atom. The Kier molecular flexibility index (Phi) is 5.45. The first kappa shape index (κ1) is 21.9. The largest absolute Gasteiger partial charge is 0.465 e. The summed E-state index contributed by atoms with van der Waals surface area (Å²) >= 11 is 0. The number of carbonyl (C=O) groups is 1. The van der Waals surface area contributed by atoms with E-state index in [2.05, 4.69) is 4.98 Å². The highest BCUT2D eigenvalue weighted by molar-refractivity contribution is 7.90. The highest BCUT2D eigenvalue weighted by atomic mass is 32.2. The quantitative estimate of drug-likeness (QED) is 0.476. The molecule has 2 aromatic carbocycles. The van der Waals surface area contributed by atoms with Crippen molar-refractivity contribution in [3.63, 3.8) is 0 Å². The Labute approximate surface area is 195 Å². The molecule has 8 nitrogen and oxygen atoms in total. The van der Waals surface area contributed by atoms with Gasteiger partial charge in [-0.15, -0.1) is 0 Å². The minimum Gasteiger partial charge on any atom is -0.465 e. The molecule has 4 aromatic rings. The lowest BCUT2D eigenvalue weighted by Gasteiger charge is -2.36. The molecule has 1 amide bonds. The van der Waals surface area contributed by atoms with E-state index in [0.717, 1.165) is 3.97 Å². The lowest BCUT2D eigenvalue weighted by Crippen LogP contribution is -2.48. The smallest absolute Gasteiger partial charge is 0.407 e. The maximum atomic E-state index is 14.8. The number of aromatic nitrogens is 2. The molecule has 0 spiro atoms. The summed E-state index contributed by atoms with van der Waals surface area (Å²) in [5.41, 5.74) is 1.71. The molecule has 1 fully saturated rings. The van der Waals surface area contributed by atoms with E-state index in [1.807, 2.05) is 4.90 Å².